The summed E-state index contributed by atoms with van der Waals surface area (Å²) in [6.45, 7) is 2.93. The third kappa shape index (κ3) is 3.40. The number of rotatable bonds is 5. The first-order chi connectivity index (χ1) is 9.63. The SMILES string of the molecule is CCC1CCCN1C(=O)CCC(=O)c1ccccc1Cl. The fourth-order valence-corrected chi connectivity index (χ4v) is 3.02. The van der Waals surface area contributed by atoms with Crippen molar-refractivity contribution in [2.24, 2.45) is 0 Å². The van der Waals surface area contributed by atoms with Gasteiger partial charge in [0, 0.05) is 31.0 Å². The summed E-state index contributed by atoms with van der Waals surface area (Å²) in [7, 11) is 0. The highest BCUT2D eigenvalue weighted by Gasteiger charge is 2.27. The zero-order valence-corrected chi connectivity index (χ0v) is 12.5. The van der Waals surface area contributed by atoms with Crippen molar-refractivity contribution in [2.75, 3.05) is 6.54 Å². The Labute approximate surface area is 124 Å². The van der Waals surface area contributed by atoms with Gasteiger partial charge in [-0.3, -0.25) is 9.59 Å². The molecule has 0 radical (unpaired) electrons. The maximum absolute atomic E-state index is 12.2. The van der Waals surface area contributed by atoms with Gasteiger partial charge in [0.2, 0.25) is 5.91 Å². The maximum Gasteiger partial charge on any atom is 0.223 e. The van der Waals surface area contributed by atoms with Crippen LogP contribution in [-0.2, 0) is 4.79 Å². The number of nitrogens with zero attached hydrogens (tertiary/aromatic N) is 1. The first-order valence-electron chi connectivity index (χ1n) is 7.20. The molecule has 0 N–H and O–H groups in total. The molecule has 1 aliphatic rings. The van der Waals surface area contributed by atoms with Crippen molar-refractivity contribution in [2.45, 2.75) is 45.1 Å². The maximum atomic E-state index is 12.2. The first kappa shape index (κ1) is 15.0. The Morgan fingerprint density at radius 3 is 2.75 bits per heavy atom. The van der Waals surface area contributed by atoms with E-state index in [0.717, 1.165) is 25.8 Å². The minimum absolute atomic E-state index is 0.0591. The van der Waals surface area contributed by atoms with Crippen LogP contribution in [0.3, 0.4) is 0 Å². The monoisotopic (exact) mass is 293 g/mol. The van der Waals surface area contributed by atoms with E-state index in [1.54, 1.807) is 24.3 Å². The van der Waals surface area contributed by atoms with Crippen LogP contribution >= 0.6 is 11.6 Å². The van der Waals surface area contributed by atoms with Crippen LogP contribution in [0.15, 0.2) is 24.3 Å². The predicted molar refractivity (Wildman–Crippen MR) is 80.0 cm³/mol. The van der Waals surface area contributed by atoms with Gasteiger partial charge in [0.15, 0.2) is 5.78 Å². The minimum atomic E-state index is -0.0591. The van der Waals surface area contributed by atoms with Crippen LogP contribution in [0.25, 0.3) is 0 Å². The van der Waals surface area contributed by atoms with Crippen molar-refractivity contribution in [3.63, 3.8) is 0 Å². The van der Waals surface area contributed by atoms with Gasteiger partial charge < -0.3 is 4.90 Å². The Morgan fingerprint density at radius 2 is 2.05 bits per heavy atom. The molecule has 1 atom stereocenters. The lowest BCUT2D eigenvalue weighted by molar-refractivity contribution is -0.132. The van der Waals surface area contributed by atoms with E-state index in [9.17, 15) is 9.59 Å². The average Bonchev–Trinajstić information content (AvgIpc) is 2.93. The van der Waals surface area contributed by atoms with Crippen molar-refractivity contribution in [3.05, 3.63) is 34.9 Å². The molecule has 1 fully saturated rings. The molecular weight excluding hydrogens is 274 g/mol. The number of Topliss-reactive ketones (excluding diaryl/α,β-unsaturated/α-hetero) is 1. The molecule has 1 unspecified atom stereocenters. The van der Waals surface area contributed by atoms with E-state index < -0.39 is 0 Å². The van der Waals surface area contributed by atoms with Gasteiger partial charge in [-0.15, -0.1) is 0 Å². The van der Waals surface area contributed by atoms with Crippen molar-refractivity contribution in [1.29, 1.82) is 0 Å². The lowest BCUT2D eigenvalue weighted by atomic mass is 10.1. The van der Waals surface area contributed by atoms with Crippen molar-refractivity contribution in [3.8, 4) is 0 Å². The number of carbonyl (C=O) groups is 2. The number of ketones is 1. The molecule has 1 heterocycles. The summed E-state index contributed by atoms with van der Waals surface area (Å²) in [5.74, 6) is 0.0333. The van der Waals surface area contributed by atoms with E-state index in [1.807, 2.05) is 4.90 Å². The van der Waals surface area contributed by atoms with Crippen LogP contribution in [0, 0.1) is 0 Å². The Morgan fingerprint density at radius 1 is 1.30 bits per heavy atom. The van der Waals surface area contributed by atoms with Crippen LogP contribution in [0.1, 0.15) is 49.4 Å². The fourth-order valence-electron chi connectivity index (χ4n) is 2.77. The van der Waals surface area contributed by atoms with Crippen molar-refractivity contribution < 1.29 is 9.59 Å². The summed E-state index contributed by atoms with van der Waals surface area (Å²) in [5, 5.41) is 0.456. The van der Waals surface area contributed by atoms with Crippen molar-refractivity contribution >= 4 is 23.3 Å². The Bertz CT molecular complexity index is 501. The topological polar surface area (TPSA) is 37.4 Å². The van der Waals surface area contributed by atoms with E-state index in [2.05, 4.69) is 6.92 Å². The largest absolute Gasteiger partial charge is 0.340 e. The Balaban J connectivity index is 1.90. The summed E-state index contributed by atoms with van der Waals surface area (Å²) in [4.78, 5) is 26.2. The second-order valence-corrected chi connectivity index (χ2v) is 5.60. The molecule has 2 rings (SSSR count). The smallest absolute Gasteiger partial charge is 0.223 e. The molecule has 0 aromatic heterocycles. The van der Waals surface area contributed by atoms with Crippen LogP contribution in [-0.4, -0.2) is 29.2 Å². The number of hydrogen-bond acceptors (Lipinski definition) is 2. The minimum Gasteiger partial charge on any atom is -0.340 e. The van der Waals surface area contributed by atoms with Crippen LogP contribution in [0.2, 0.25) is 5.02 Å². The van der Waals surface area contributed by atoms with Crippen LogP contribution < -0.4 is 0 Å². The molecule has 20 heavy (non-hydrogen) atoms. The van der Waals surface area contributed by atoms with Gasteiger partial charge in [0.05, 0.1) is 5.02 Å². The normalized spacial score (nSPS) is 18.3. The van der Waals surface area contributed by atoms with Gasteiger partial charge in [-0.25, -0.2) is 0 Å². The van der Waals surface area contributed by atoms with Crippen molar-refractivity contribution in [1.82, 2.24) is 4.90 Å². The number of likely N-dealkylation sites (tertiary alicyclic amines) is 1. The molecule has 1 aromatic carbocycles. The molecule has 4 heteroatoms. The molecule has 3 nitrogen and oxygen atoms in total. The van der Waals surface area contributed by atoms with Gasteiger partial charge in [0.1, 0.15) is 0 Å². The van der Waals surface area contributed by atoms with Gasteiger partial charge in [-0.1, -0.05) is 30.7 Å². The molecule has 1 aliphatic heterocycles. The van der Waals surface area contributed by atoms with E-state index in [4.69, 9.17) is 11.6 Å². The molecule has 108 valence electrons. The zero-order valence-electron chi connectivity index (χ0n) is 11.8. The molecule has 1 saturated heterocycles. The molecular formula is C16H20ClNO2. The summed E-state index contributed by atoms with van der Waals surface area (Å²) in [6, 6.07) is 7.34. The highest BCUT2D eigenvalue weighted by Crippen LogP contribution is 2.22. The number of carbonyl (C=O) groups excluding carboxylic acids is 2. The highest BCUT2D eigenvalue weighted by atomic mass is 35.5. The predicted octanol–water partition coefficient (Wildman–Crippen LogP) is 3.70. The van der Waals surface area contributed by atoms with Gasteiger partial charge in [0.25, 0.3) is 0 Å². The highest BCUT2D eigenvalue weighted by molar-refractivity contribution is 6.34. The van der Waals surface area contributed by atoms with E-state index in [1.165, 1.54) is 0 Å². The second-order valence-electron chi connectivity index (χ2n) is 5.19. The lowest BCUT2D eigenvalue weighted by Crippen LogP contribution is -2.35. The molecule has 0 bridgehead atoms. The van der Waals surface area contributed by atoms with Gasteiger partial charge >= 0.3 is 0 Å². The molecule has 1 aromatic rings. The quantitative estimate of drug-likeness (QED) is 0.776. The van der Waals surface area contributed by atoms with E-state index in [0.29, 0.717) is 16.6 Å². The van der Waals surface area contributed by atoms with E-state index >= 15 is 0 Å². The molecule has 0 aliphatic carbocycles. The van der Waals surface area contributed by atoms with Crippen LogP contribution in [0.5, 0.6) is 0 Å². The number of halogens is 1. The average molecular weight is 294 g/mol. The third-order valence-corrected chi connectivity index (χ3v) is 4.24. The zero-order chi connectivity index (χ0) is 14.5. The fraction of sp³-hybridized carbons (Fsp3) is 0.500. The molecule has 0 saturated carbocycles. The van der Waals surface area contributed by atoms with Crippen LogP contribution in [0.4, 0.5) is 0 Å². The Kier molecular flexibility index (Phi) is 5.18. The number of benzene rings is 1. The standard InChI is InChI=1S/C16H20ClNO2/c1-2-12-6-5-11-18(12)16(20)10-9-15(19)13-7-3-4-8-14(13)17/h3-4,7-8,12H,2,5-6,9-11H2,1H3. The van der Waals surface area contributed by atoms with E-state index in [-0.39, 0.29) is 24.5 Å². The first-order valence-corrected chi connectivity index (χ1v) is 7.58. The Hall–Kier alpha value is -1.35. The summed E-state index contributed by atoms with van der Waals surface area (Å²) >= 11 is 5.99. The lowest BCUT2D eigenvalue weighted by Gasteiger charge is -2.23. The summed E-state index contributed by atoms with van der Waals surface area (Å²) in [5.41, 5.74) is 0.510. The van der Waals surface area contributed by atoms with Gasteiger partial charge in [-0.2, -0.15) is 0 Å². The third-order valence-electron chi connectivity index (χ3n) is 3.91. The molecule has 1 amide bonds. The second kappa shape index (κ2) is 6.89. The summed E-state index contributed by atoms with van der Waals surface area (Å²) < 4.78 is 0. The van der Waals surface area contributed by atoms with Gasteiger partial charge in [-0.05, 0) is 31.4 Å². The molecule has 0 spiro atoms. The summed E-state index contributed by atoms with van der Waals surface area (Å²) in [6.07, 6.45) is 3.66. The number of hydrogen-bond donors (Lipinski definition) is 0. The number of amides is 1.